The van der Waals surface area contributed by atoms with Gasteiger partial charge in [0.2, 0.25) is 18.0 Å². The molecule has 4 aliphatic carbocycles. The number of nitrogens with one attached hydrogen (secondary N) is 4. The van der Waals surface area contributed by atoms with Gasteiger partial charge in [-0.1, -0.05) is 55.9 Å². The number of ether oxygens (including phenoxy) is 1. The van der Waals surface area contributed by atoms with E-state index in [4.69, 9.17) is 4.74 Å². The van der Waals surface area contributed by atoms with E-state index in [1.807, 2.05) is 12.1 Å². The molecule has 1 aromatic heterocycles. The molecule has 2 bridgehead atoms. The quantitative estimate of drug-likeness (QED) is 0.0733. The number of pyridine rings is 1. The van der Waals surface area contributed by atoms with Gasteiger partial charge in [-0.05, 0) is 80.7 Å². The summed E-state index contributed by atoms with van der Waals surface area (Å²) in [4.78, 5) is 68.4. The zero-order valence-corrected chi connectivity index (χ0v) is 31.4. The Labute approximate surface area is 319 Å². The van der Waals surface area contributed by atoms with Crippen molar-refractivity contribution in [2.45, 2.75) is 107 Å². The smallest absolute Gasteiger partial charge is 0.353 e. The molecule has 0 radical (unpaired) electrons. The number of amides is 2. The summed E-state index contributed by atoms with van der Waals surface area (Å²) in [6.07, 6.45) is 17.6. The Morgan fingerprint density at radius 2 is 1.67 bits per heavy atom. The van der Waals surface area contributed by atoms with Crippen LogP contribution in [-0.4, -0.2) is 92.6 Å². The van der Waals surface area contributed by atoms with Crippen LogP contribution in [0, 0.1) is 16.7 Å². The van der Waals surface area contributed by atoms with Crippen molar-refractivity contribution in [1.82, 2.24) is 26.3 Å². The zero-order chi connectivity index (χ0) is 38.5. The summed E-state index contributed by atoms with van der Waals surface area (Å²) in [5.74, 6) is -4.56. The molecule has 292 valence electrons. The van der Waals surface area contributed by atoms with Crippen LogP contribution in [-0.2, 0) is 35.1 Å². The number of aliphatic hydroxyl groups is 1. The molecule has 1 aromatic rings. The number of hydrogen-bond donors (Lipinski definition) is 7. The second kappa shape index (κ2) is 16.8. The molecule has 54 heavy (non-hydrogen) atoms. The number of fused-ring (bicyclic) bond motifs is 3. The Kier molecular flexibility index (Phi) is 12.3. The van der Waals surface area contributed by atoms with Gasteiger partial charge in [-0.3, -0.25) is 29.5 Å². The third kappa shape index (κ3) is 8.00. The lowest BCUT2D eigenvalue weighted by atomic mass is 9.56. The minimum Gasteiger partial charge on any atom is -0.480 e. The Morgan fingerprint density at radius 3 is 2.35 bits per heavy atom. The molecule has 2 heterocycles. The third-order valence-electron chi connectivity index (χ3n) is 11.9. The molecule has 6 rings (SSSR count). The molecule has 14 nitrogen and oxygen atoms in total. The van der Waals surface area contributed by atoms with E-state index >= 15 is 0 Å². The van der Waals surface area contributed by atoms with E-state index in [0.29, 0.717) is 12.2 Å². The van der Waals surface area contributed by atoms with Crippen LogP contribution < -0.4 is 21.3 Å². The maximum absolute atomic E-state index is 14.0. The largest absolute Gasteiger partial charge is 0.480 e. The molecule has 0 saturated heterocycles. The summed E-state index contributed by atoms with van der Waals surface area (Å²) in [6, 6.07) is 1.65. The van der Waals surface area contributed by atoms with Crippen LogP contribution in [0.15, 0.2) is 59.7 Å². The highest BCUT2D eigenvalue weighted by Crippen LogP contribution is 2.67. The summed E-state index contributed by atoms with van der Waals surface area (Å²) < 4.78 is 5.60. The van der Waals surface area contributed by atoms with E-state index in [-0.39, 0.29) is 36.6 Å². The van der Waals surface area contributed by atoms with Gasteiger partial charge in [0.25, 0.3) is 0 Å². The lowest BCUT2D eigenvalue weighted by Gasteiger charge is -2.53. The lowest BCUT2D eigenvalue weighted by Crippen LogP contribution is -2.54. The van der Waals surface area contributed by atoms with E-state index < -0.39 is 58.1 Å². The first-order valence-corrected chi connectivity index (χ1v) is 19.9. The average Bonchev–Trinajstić information content (AvgIpc) is 3.77. The molecule has 2 spiro atoms. The van der Waals surface area contributed by atoms with E-state index in [1.54, 1.807) is 19.4 Å². The minimum atomic E-state index is -2.20. The first-order valence-electron chi connectivity index (χ1n) is 18.9. The Hall–Kier alpha value is -4.05. The van der Waals surface area contributed by atoms with Gasteiger partial charge in [-0.25, -0.2) is 4.79 Å². The van der Waals surface area contributed by atoms with Crippen LogP contribution in [0.1, 0.15) is 82.6 Å². The van der Waals surface area contributed by atoms with Crippen molar-refractivity contribution in [3.8, 4) is 0 Å². The zero-order valence-electron chi connectivity index (χ0n) is 30.6. The first-order chi connectivity index (χ1) is 25.9. The Bertz CT molecular complexity index is 1710. The standard InChI is InChI=1S/C39H51N5O9S/c1-40-23-42-27(34(48)49)7-8-29(45)43-28(32(46)44-33(47)35(50)51)22-54-39-16-15-37(11-3-2-4-12-38(39)13-5-6-14-38)21-25(19-24-9-17-41-18-10-24)20-26-30(37)31(39)53-36(26)52/h9-10,15-18,20,26-28,33,40,42,47H,2-8,11-14,19,21-23H2,1H3,(H,43,45)(H,44,46)(H,48,49)(H,50,51)/t26-,27+,28+,33+,37+,39+/m1/s1. The fourth-order valence-electron chi connectivity index (χ4n) is 9.33. The maximum atomic E-state index is 14.0. The maximum Gasteiger partial charge on any atom is 0.353 e. The molecular formula is C39H51N5O9S. The van der Waals surface area contributed by atoms with Gasteiger partial charge in [-0.15, -0.1) is 11.8 Å². The van der Waals surface area contributed by atoms with Crippen LogP contribution in [0.3, 0.4) is 0 Å². The van der Waals surface area contributed by atoms with E-state index in [2.05, 4.69) is 44.5 Å². The predicted octanol–water partition coefficient (Wildman–Crippen LogP) is 2.94. The Balaban J connectivity index is 1.35. The van der Waals surface area contributed by atoms with Gasteiger partial charge in [0.1, 0.15) is 23.8 Å². The highest BCUT2D eigenvalue weighted by molar-refractivity contribution is 8.01. The molecular weight excluding hydrogens is 715 g/mol. The van der Waals surface area contributed by atoms with E-state index in [1.165, 1.54) is 17.3 Å². The number of aliphatic carboxylic acids is 2. The van der Waals surface area contributed by atoms with Crippen molar-refractivity contribution in [3.63, 3.8) is 0 Å². The number of esters is 1. The highest BCUT2D eigenvalue weighted by Gasteiger charge is 2.63. The Morgan fingerprint density at radius 1 is 0.963 bits per heavy atom. The number of carboxylic acid groups (broad SMARTS) is 2. The second-order valence-corrected chi connectivity index (χ2v) is 16.6. The normalized spacial score (nSPS) is 27.0. The van der Waals surface area contributed by atoms with Crippen molar-refractivity contribution in [2.24, 2.45) is 16.7 Å². The summed E-state index contributed by atoms with van der Waals surface area (Å²) in [5, 5.41) is 39.4. The number of aliphatic hydroxyl groups excluding tert-OH is 1. The van der Waals surface area contributed by atoms with Crippen LogP contribution in [0.25, 0.3) is 0 Å². The number of thioether (sulfide) groups is 1. The molecule has 0 aromatic carbocycles. The van der Waals surface area contributed by atoms with E-state index in [9.17, 15) is 39.3 Å². The molecule has 2 amide bonds. The van der Waals surface area contributed by atoms with Gasteiger partial charge in [0.15, 0.2) is 0 Å². The molecule has 5 aliphatic rings. The number of carbonyl (C=O) groups excluding carboxylic acids is 3. The number of carboxylic acids is 2. The molecule has 7 N–H and O–H groups in total. The SMILES string of the molecule is CNCN[C@@H](CCC(=O)N[C@@H](CS[C@]12C=C[C@@]3(CCCCCC14CCCC4)CC(Cc1ccncc1)=C[C@H]1C(=O)OC2=C13)C(=O)N[C@@H](O)C(=O)O)C(=O)O. The van der Waals surface area contributed by atoms with Gasteiger partial charge < -0.3 is 36.0 Å². The molecule has 1 saturated carbocycles. The van der Waals surface area contributed by atoms with Crippen molar-refractivity contribution >= 4 is 41.5 Å². The number of carbonyl (C=O) groups is 5. The number of allylic oxidation sites excluding steroid dienone is 2. The van der Waals surface area contributed by atoms with Gasteiger partial charge in [0, 0.05) is 36.7 Å². The minimum absolute atomic E-state index is 0.0362. The summed E-state index contributed by atoms with van der Waals surface area (Å²) >= 11 is 1.42. The fraction of sp³-hybridized carbons (Fsp3) is 0.590. The number of rotatable bonds is 16. The molecule has 15 heteroatoms. The van der Waals surface area contributed by atoms with Crippen molar-refractivity contribution in [2.75, 3.05) is 19.5 Å². The summed E-state index contributed by atoms with van der Waals surface area (Å²) in [6.45, 7) is 0.205. The number of hydrogen-bond acceptors (Lipinski definition) is 11. The molecule has 6 atom stereocenters. The van der Waals surface area contributed by atoms with Crippen LogP contribution in [0.2, 0.25) is 0 Å². The highest BCUT2D eigenvalue weighted by atomic mass is 32.2. The van der Waals surface area contributed by atoms with Crippen LogP contribution in [0.5, 0.6) is 0 Å². The van der Waals surface area contributed by atoms with Crippen molar-refractivity contribution < 1.29 is 44.0 Å². The first kappa shape index (κ1) is 39.6. The lowest BCUT2D eigenvalue weighted by molar-refractivity contribution is -0.151. The van der Waals surface area contributed by atoms with Crippen LogP contribution >= 0.6 is 11.8 Å². The average molecular weight is 766 g/mol. The van der Waals surface area contributed by atoms with Gasteiger partial charge >= 0.3 is 17.9 Å². The molecule has 1 aliphatic heterocycles. The van der Waals surface area contributed by atoms with Crippen molar-refractivity contribution in [3.05, 3.63) is 65.2 Å². The summed E-state index contributed by atoms with van der Waals surface area (Å²) in [7, 11) is 1.65. The molecule has 1 fully saturated rings. The van der Waals surface area contributed by atoms with Crippen molar-refractivity contribution in [1.29, 1.82) is 0 Å². The topological polar surface area (TPSA) is 216 Å². The van der Waals surface area contributed by atoms with E-state index in [0.717, 1.165) is 75.3 Å². The van der Waals surface area contributed by atoms with Gasteiger partial charge in [0.05, 0.1) is 4.75 Å². The van der Waals surface area contributed by atoms with Crippen LogP contribution in [0.4, 0.5) is 0 Å². The monoisotopic (exact) mass is 765 g/mol. The summed E-state index contributed by atoms with van der Waals surface area (Å²) in [5.41, 5.74) is 2.56. The van der Waals surface area contributed by atoms with Gasteiger partial charge in [-0.2, -0.15) is 0 Å². The number of aromatic nitrogens is 1. The molecule has 0 unspecified atom stereocenters. The second-order valence-electron chi connectivity index (χ2n) is 15.3. The number of nitrogens with zero attached hydrogens (tertiary/aromatic N) is 1. The third-order valence-corrected chi connectivity index (χ3v) is 13.6. The predicted molar refractivity (Wildman–Crippen MR) is 199 cm³/mol. The fourth-order valence-corrected chi connectivity index (χ4v) is 11.1.